The molecule has 1 heterocycles. The summed E-state index contributed by atoms with van der Waals surface area (Å²) in [7, 11) is -3.71. The molecule has 1 unspecified atom stereocenters. The van der Waals surface area contributed by atoms with Crippen molar-refractivity contribution in [1.29, 1.82) is 0 Å². The summed E-state index contributed by atoms with van der Waals surface area (Å²) in [5.41, 5.74) is 6.89. The Kier molecular flexibility index (Phi) is 3.74. The van der Waals surface area contributed by atoms with Gasteiger partial charge in [-0.05, 0) is 31.0 Å². The molecular formula is C11H17N3O3S. The summed E-state index contributed by atoms with van der Waals surface area (Å²) < 4.78 is 27.7. The maximum Gasteiger partial charge on any atom is 0.238 e. The van der Waals surface area contributed by atoms with Gasteiger partial charge in [-0.25, -0.2) is 13.6 Å². The number of hydrogen-bond donors (Lipinski definition) is 3. The number of sulfonamides is 1. The van der Waals surface area contributed by atoms with Crippen molar-refractivity contribution in [3.05, 3.63) is 18.2 Å². The van der Waals surface area contributed by atoms with Gasteiger partial charge in [0.2, 0.25) is 10.0 Å². The van der Waals surface area contributed by atoms with Crippen LogP contribution in [0, 0.1) is 0 Å². The predicted octanol–water partition coefficient (Wildman–Crippen LogP) is 0.507. The second-order valence-corrected chi connectivity index (χ2v) is 5.91. The van der Waals surface area contributed by atoms with Crippen LogP contribution in [0.15, 0.2) is 23.1 Å². The first-order chi connectivity index (χ1) is 8.47. The second kappa shape index (κ2) is 5.13. The maximum atomic E-state index is 11.2. The van der Waals surface area contributed by atoms with E-state index in [1.807, 2.05) is 0 Å². The lowest BCUT2D eigenvalue weighted by Gasteiger charge is -2.24. The van der Waals surface area contributed by atoms with Gasteiger partial charge in [-0.15, -0.1) is 0 Å². The highest BCUT2D eigenvalue weighted by Crippen LogP contribution is 2.24. The van der Waals surface area contributed by atoms with Crippen LogP contribution in [0.1, 0.15) is 12.8 Å². The molecule has 0 bridgehead atoms. The number of benzene rings is 1. The van der Waals surface area contributed by atoms with Crippen molar-refractivity contribution in [3.63, 3.8) is 0 Å². The summed E-state index contributed by atoms with van der Waals surface area (Å²) in [5.74, 6) is 0. The smallest absolute Gasteiger partial charge is 0.238 e. The molecule has 0 radical (unpaired) electrons. The minimum absolute atomic E-state index is 0.0189. The Morgan fingerprint density at radius 3 is 2.72 bits per heavy atom. The number of rotatable bonds is 3. The van der Waals surface area contributed by atoms with Crippen molar-refractivity contribution in [2.24, 2.45) is 5.14 Å². The van der Waals surface area contributed by atoms with E-state index in [9.17, 15) is 8.42 Å². The van der Waals surface area contributed by atoms with Gasteiger partial charge in [-0.3, -0.25) is 0 Å². The lowest BCUT2D eigenvalue weighted by Crippen LogP contribution is -2.30. The fourth-order valence-electron chi connectivity index (χ4n) is 1.92. The summed E-state index contributed by atoms with van der Waals surface area (Å²) in [6, 6.07) is 4.64. The molecule has 1 aromatic rings. The SMILES string of the molecule is Nc1cc(S(N)(=O)=O)ccc1NC1CCCOC1. The van der Waals surface area contributed by atoms with Gasteiger partial charge in [-0.1, -0.05) is 0 Å². The molecule has 7 heteroatoms. The first-order valence-electron chi connectivity index (χ1n) is 5.73. The van der Waals surface area contributed by atoms with E-state index >= 15 is 0 Å². The first-order valence-corrected chi connectivity index (χ1v) is 7.28. The molecule has 6 nitrogen and oxygen atoms in total. The van der Waals surface area contributed by atoms with Crippen LogP contribution in [0.2, 0.25) is 0 Å². The van der Waals surface area contributed by atoms with Crippen LogP contribution in [0.3, 0.4) is 0 Å². The monoisotopic (exact) mass is 271 g/mol. The fraction of sp³-hybridized carbons (Fsp3) is 0.455. The topological polar surface area (TPSA) is 107 Å². The Balaban J connectivity index is 2.14. The standard InChI is InChI=1S/C11H17N3O3S/c12-10-6-9(18(13,15)16)3-4-11(10)14-8-2-1-5-17-7-8/h3-4,6,8,14H,1-2,5,7,12H2,(H2,13,15,16). The van der Waals surface area contributed by atoms with Crippen molar-refractivity contribution in [2.75, 3.05) is 24.3 Å². The number of primary sulfonamides is 1. The van der Waals surface area contributed by atoms with E-state index < -0.39 is 10.0 Å². The van der Waals surface area contributed by atoms with Crippen molar-refractivity contribution >= 4 is 21.4 Å². The van der Waals surface area contributed by atoms with Gasteiger partial charge in [0.05, 0.1) is 22.9 Å². The van der Waals surface area contributed by atoms with E-state index in [4.69, 9.17) is 15.6 Å². The number of ether oxygens (including phenoxy) is 1. The Hall–Kier alpha value is -1.31. The number of anilines is 2. The Labute approximate surface area is 106 Å². The van der Waals surface area contributed by atoms with Gasteiger partial charge in [0.15, 0.2) is 0 Å². The third-order valence-electron chi connectivity index (χ3n) is 2.87. The maximum absolute atomic E-state index is 11.2. The normalized spacial score (nSPS) is 20.6. The van der Waals surface area contributed by atoms with Crippen LogP contribution in [0.25, 0.3) is 0 Å². The molecule has 0 spiro atoms. The highest BCUT2D eigenvalue weighted by atomic mass is 32.2. The van der Waals surface area contributed by atoms with Crippen LogP contribution in [-0.4, -0.2) is 27.7 Å². The second-order valence-electron chi connectivity index (χ2n) is 4.35. The predicted molar refractivity (Wildman–Crippen MR) is 69.7 cm³/mol. The lowest BCUT2D eigenvalue weighted by atomic mass is 10.1. The average Bonchev–Trinajstić information content (AvgIpc) is 2.32. The quantitative estimate of drug-likeness (QED) is 0.694. The molecule has 1 saturated heterocycles. The third kappa shape index (κ3) is 3.12. The highest BCUT2D eigenvalue weighted by Gasteiger charge is 2.15. The van der Waals surface area contributed by atoms with Crippen molar-refractivity contribution < 1.29 is 13.2 Å². The van der Waals surface area contributed by atoms with Gasteiger partial charge in [0.25, 0.3) is 0 Å². The Morgan fingerprint density at radius 2 is 2.17 bits per heavy atom. The van der Waals surface area contributed by atoms with Gasteiger partial charge < -0.3 is 15.8 Å². The molecule has 2 rings (SSSR count). The zero-order chi connectivity index (χ0) is 13.2. The Bertz CT molecular complexity index is 524. The summed E-state index contributed by atoms with van der Waals surface area (Å²) >= 11 is 0. The van der Waals surface area contributed by atoms with Crippen LogP contribution in [-0.2, 0) is 14.8 Å². The molecule has 0 saturated carbocycles. The molecule has 0 aromatic heterocycles. The van der Waals surface area contributed by atoms with Crippen LogP contribution in [0.4, 0.5) is 11.4 Å². The van der Waals surface area contributed by atoms with E-state index in [2.05, 4.69) is 5.32 Å². The van der Waals surface area contributed by atoms with E-state index in [0.717, 1.165) is 19.4 Å². The highest BCUT2D eigenvalue weighted by molar-refractivity contribution is 7.89. The number of hydrogen-bond acceptors (Lipinski definition) is 5. The summed E-state index contributed by atoms with van der Waals surface area (Å²) in [5, 5.41) is 8.28. The van der Waals surface area contributed by atoms with Crippen molar-refractivity contribution in [3.8, 4) is 0 Å². The number of nitrogens with two attached hydrogens (primary N) is 2. The van der Waals surface area contributed by atoms with Crippen molar-refractivity contribution in [2.45, 2.75) is 23.8 Å². The van der Waals surface area contributed by atoms with E-state index in [0.29, 0.717) is 18.0 Å². The van der Waals surface area contributed by atoms with Crippen LogP contribution >= 0.6 is 0 Å². The first kappa shape index (κ1) is 13.1. The molecule has 5 N–H and O–H groups in total. The van der Waals surface area contributed by atoms with E-state index in [1.54, 1.807) is 6.07 Å². The molecule has 1 aliphatic rings. The van der Waals surface area contributed by atoms with E-state index in [-0.39, 0.29) is 10.9 Å². The average molecular weight is 271 g/mol. The molecule has 100 valence electrons. The van der Waals surface area contributed by atoms with Crippen molar-refractivity contribution in [1.82, 2.24) is 0 Å². The molecule has 0 amide bonds. The van der Waals surface area contributed by atoms with Gasteiger partial charge in [0, 0.05) is 12.6 Å². The van der Waals surface area contributed by atoms with Gasteiger partial charge in [0.1, 0.15) is 0 Å². The molecule has 1 aliphatic heterocycles. The molecular weight excluding hydrogens is 254 g/mol. The zero-order valence-electron chi connectivity index (χ0n) is 9.93. The van der Waals surface area contributed by atoms with Crippen LogP contribution < -0.4 is 16.2 Å². The number of nitrogen functional groups attached to an aromatic ring is 1. The summed E-state index contributed by atoms with van der Waals surface area (Å²) in [4.78, 5) is 0.0189. The minimum Gasteiger partial charge on any atom is -0.397 e. The summed E-state index contributed by atoms with van der Waals surface area (Å²) in [6.07, 6.45) is 2.02. The molecule has 1 aromatic carbocycles. The van der Waals surface area contributed by atoms with E-state index in [1.165, 1.54) is 12.1 Å². The van der Waals surface area contributed by atoms with Gasteiger partial charge >= 0.3 is 0 Å². The minimum atomic E-state index is -3.71. The molecule has 18 heavy (non-hydrogen) atoms. The molecule has 0 aliphatic carbocycles. The largest absolute Gasteiger partial charge is 0.397 e. The lowest BCUT2D eigenvalue weighted by molar-refractivity contribution is 0.0876. The number of nitrogens with one attached hydrogen (secondary N) is 1. The van der Waals surface area contributed by atoms with Gasteiger partial charge in [-0.2, -0.15) is 0 Å². The molecule has 1 fully saturated rings. The molecule has 1 atom stereocenters. The Morgan fingerprint density at radius 1 is 1.39 bits per heavy atom. The zero-order valence-corrected chi connectivity index (χ0v) is 10.7. The fourth-order valence-corrected chi connectivity index (χ4v) is 2.47. The summed E-state index contributed by atoms with van der Waals surface area (Å²) in [6.45, 7) is 1.42. The van der Waals surface area contributed by atoms with Crippen LogP contribution in [0.5, 0.6) is 0 Å². The third-order valence-corrected chi connectivity index (χ3v) is 3.78.